The van der Waals surface area contributed by atoms with Gasteiger partial charge in [0.2, 0.25) is 11.1 Å². The summed E-state index contributed by atoms with van der Waals surface area (Å²) in [5, 5.41) is 9.49. The Bertz CT molecular complexity index is 1050. The third kappa shape index (κ3) is 14.6. The topological polar surface area (TPSA) is 54.7 Å². The van der Waals surface area contributed by atoms with E-state index in [1.807, 2.05) is 12.1 Å². The van der Waals surface area contributed by atoms with Crippen molar-refractivity contribution in [2.45, 2.75) is 91.5 Å². The molecule has 208 valence electrons. The predicted octanol–water partition coefficient (Wildman–Crippen LogP) is 10.8. The summed E-state index contributed by atoms with van der Waals surface area (Å²) < 4.78 is 68.6. The summed E-state index contributed by atoms with van der Waals surface area (Å²) in [6.07, 6.45) is 11.9. The second-order valence-corrected chi connectivity index (χ2v) is 11.5. The Morgan fingerprint density at radius 1 is 0.889 bits per heavy atom. The summed E-state index contributed by atoms with van der Waals surface area (Å²) in [5.41, 5.74) is 1.64. The van der Waals surface area contributed by atoms with Gasteiger partial charge in [0, 0.05) is 19.2 Å². The van der Waals surface area contributed by atoms with Crippen molar-refractivity contribution in [1.29, 1.82) is 5.39 Å². The number of aryl methyl sites for hydroxylation is 1. The fourth-order valence-corrected chi connectivity index (χ4v) is 4.43. The van der Waals surface area contributed by atoms with E-state index >= 15 is 0 Å². The van der Waals surface area contributed by atoms with Crippen LogP contribution in [-0.4, -0.2) is 17.7 Å². The molecule has 1 aromatic carbocycles. The molecule has 0 aliphatic rings. The van der Waals surface area contributed by atoms with Gasteiger partial charge in [-0.25, -0.2) is 0 Å². The molecule has 0 fully saturated rings. The van der Waals surface area contributed by atoms with Crippen molar-refractivity contribution in [3.8, 4) is 5.75 Å². The number of benzene rings is 1. The van der Waals surface area contributed by atoms with Crippen molar-refractivity contribution >= 4 is 35.0 Å². The van der Waals surface area contributed by atoms with Crippen molar-refractivity contribution < 1.29 is 29.9 Å². The molecule has 1 heterocycles. The normalized spacial score (nSPS) is 14.1. The first-order chi connectivity index (χ1) is 16.7. The Morgan fingerprint density at radius 2 is 1.47 bits per heavy atom. The quantitative estimate of drug-likeness (QED) is 0.0995. The first-order valence-electron chi connectivity index (χ1n) is 12.4. The fourth-order valence-electron chi connectivity index (χ4n) is 3.33. The molecule has 0 aliphatic heterocycles. The maximum absolute atomic E-state index is 10.7. The summed E-state index contributed by atoms with van der Waals surface area (Å²) in [4.78, 5) is 9.36. The summed E-state index contributed by atoms with van der Waals surface area (Å²) in [6, 6.07) is 3.96. The van der Waals surface area contributed by atoms with E-state index in [1.165, 1.54) is 32.1 Å². The van der Waals surface area contributed by atoms with Gasteiger partial charge in [0.25, 0.3) is 0 Å². The van der Waals surface area contributed by atoms with Crippen LogP contribution < -0.4 is 9.54 Å². The predicted molar refractivity (Wildman–Crippen MR) is 137 cm³/mol. The van der Waals surface area contributed by atoms with Crippen LogP contribution in [0.25, 0.3) is 15.2 Å². The Kier molecular flexibility index (Phi) is 12.2. The van der Waals surface area contributed by atoms with Crippen LogP contribution in [0.5, 0.6) is 5.75 Å². The molecule has 1 aromatic heterocycles. The van der Waals surface area contributed by atoms with E-state index in [2.05, 4.69) is 30.3 Å². The van der Waals surface area contributed by atoms with Gasteiger partial charge in [-0.3, -0.25) is 4.99 Å². The second-order valence-electron chi connectivity index (χ2n) is 8.59. The molecule has 2 aromatic rings. The van der Waals surface area contributed by atoms with Gasteiger partial charge in [-0.05, 0) is 19.3 Å². The molecule has 0 atom stereocenters. The third-order valence-corrected chi connectivity index (χ3v) is 6.20. The van der Waals surface area contributed by atoms with Gasteiger partial charge in [-0.1, -0.05) is 77.1 Å². The molecule has 0 saturated heterocycles. The number of rotatable bonds is 14. The van der Waals surface area contributed by atoms with Crippen molar-refractivity contribution in [3.05, 3.63) is 21.9 Å². The number of diazo groups is 1. The van der Waals surface area contributed by atoms with Gasteiger partial charge in [0.05, 0.1) is 22.9 Å². The number of aromatic nitrogens is 1. The van der Waals surface area contributed by atoms with Crippen LogP contribution >= 0.6 is 19.1 Å². The van der Waals surface area contributed by atoms with Crippen LogP contribution in [0.2, 0.25) is 0 Å². The average Bonchev–Trinajstić information content (AvgIpc) is 3.10. The second kappa shape index (κ2) is 13.6. The first-order valence-corrected chi connectivity index (χ1v) is 15.3. The third-order valence-electron chi connectivity index (χ3n) is 5.12. The summed E-state index contributed by atoms with van der Waals surface area (Å²) >= 11 is 1.67. The van der Waals surface area contributed by atoms with Crippen molar-refractivity contribution in [3.63, 3.8) is 0 Å². The monoisotopic (exact) mass is 562 g/mol. The molecule has 0 unspecified atom stereocenters. The van der Waals surface area contributed by atoms with E-state index in [-0.39, 0.29) is 0 Å². The van der Waals surface area contributed by atoms with Gasteiger partial charge >= 0.3 is 38.7 Å². The summed E-state index contributed by atoms with van der Waals surface area (Å²) in [5.74, 6) is 0.664. The maximum atomic E-state index is 9.87. The van der Waals surface area contributed by atoms with E-state index in [0.29, 0.717) is 18.0 Å². The van der Waals surface area contributed by atoms with Crippen LogP contribution in [-0.2, 0) is 6.54 Å². The molecule has 0 saturated carbocycles. The number of hydrogen-bond acceptors (Lipinski definition) is 4. The van der Waals surface area contributed by atoms with E-state index in [9.17, 15) is 30.6 Å². The Balaban J connectivity index is 0.000000809. The zero-order valence-corrected chi connectivity index (χ0v) is 22.9. The molecule has 0 spiro atoms. The van der Waals surface area contributed by atoms with E-state index in [0.717, 1.165) is 60.2 Å². The molecule has 0 bridgehead atoms. The molecule has 2 rings (SSSR count). The van der Waals surface area contributed by atoms with Crippen LogP contribution in [0.4, 0.5) is 30.9 Å². The Morgan fingerprint density at radius 3 is 2.06 bits per heavy atom. The van der Waals surface area contributed by atoms with E-state index in [1.54, 1.807) is 11.3 Å². The van der Waals surface area contributed by atoms with Gasteiger partial charge in [0.15, 0.2) is 9.78 Å². The Hall–Kier alpha value is -1.86. The van der Waals surface area contributed by atoms with Gasteiger partial charge in [-0.15, -0.1) is 0 Å². The number of unbranched alkanes of at least 4 members (excludes halogenated alkanes) is 7. The molecule has 13 heteroatoms. The number of nitrogens with zero attached hydrogens (tertiary/aromatic N) is 4. The zero-order valence-electron chi connectivity index (χ0n) is 21.2. The van der Waals surface area contributed by atoms with E-state index in [4.69, 9.17) is 9.73 Å². The van der Waals surface area contributed by atoms with Crippen LogP contribution in [0.15, 0.2) is 17.1 Å². The summed E-state index contributed by atoms with van der Waals surface area (Å²) in [7, 11) is -10.7. The van der Waals surface area contributed by atoms with Crippen LogP contribution in [0.3, 0.4) is 0 Å². The first kappa shape index (κ1) is 32.2. The van der Waals surface area contributed by atoms with Gasteiger partial charge < -0.3 is 9.30 Å². The number of hydrogen-bond donors (Lipinski definition) is 0. The zero-order chi connectivity index (χ0) is 27.3. The van der Waals surface area contributed by atoms with Gasteiger partial charge in [0.1, 0.15) is 0 Å². The molecule has 0 aliphatic carbocycles. The number of fused-ring (bicyclic) bond motifs is 1. The molecule has 5 nitrogen and oxygen atoms in total. The van der Waals surface area contributed by atoms with E-state index < -0.39 is 7.81 Å². The number of ether oxygens (including phenoxy) is 1. The molecule has 0 N–H and O–H groups in total. The molecular weight excluding hydrogens is 525 g/mol. The fraction of sp³-hybridized carbons (Fsp3) is 0.696. The van der Waals surface area contributed by atoms with Crippen molar-refractivity contribution in [2.75, 3.05) is 13.2 Å². The number of thiazole rings is 1. The summed E-state index contributed by atoms with van der Waals surface area (Å²) in [6.45, 7) is 9.10. The standard InChI is InChI=1S/C23H37N4OS.F6P/c1-4-7-10-11-12-13-16-28-21-18-20-22(17-19(21)26-24)29-23(25-14-8-5-2)27(20)15-9-6-3;1-7(2,3,4,5)6/h17-18H,4-16H2,1-3H3;/q+1;-1. The minimum absolute atomic E-state index is 0.507. The SMILES string of the molecule is CCCCCCCCOc1cc2c(cc1[N+]#N)sc(=NCCCC)n2CCCC.F[P-](F)(F)(F)(F)F. The van der Waals surface area contributed by atoms with Gasteiger partial charge in [-0.2, -0.15) is 0 Å². The molecule has 0 amide bonds. The average molecular weight is 563 g/mol. The Labute approximate surface area is 212 Å². The minimum atomic E-state index is -10.7. The molecule has 36 heavy (non-hydrogen) atoms. The molecule has 0 radical (unpaired) electrons. The molecular formula is C23H37F6N4OPS. The van der Waals surface area contributed by atoms with Crippen molar-refractivity contribution in [2.24, 2.45) is 4.99 Å². The van der Waals surface area contributed by atoms with Crippen molar-refractivity contribution in [1.82, 2.24) is 4.57 Å². The number of halogens is 6. The van der Waals surface area contributed by atoms with Crippen LogP contribution in [0.1, 0.15) is 85.0 Å². The van der Waals surface area contributed by atoms with Crippen LogP contribution in [0, 0.1) is 5.39 Å².